The van der Waals surface area contributed by atoms with Gasteiger partial charge in [0.1, 0.15) is 17.0 Å². The summed E-state index contributed by atoms with van der Waals surface area (Å²) in [6.45, 7) is 1.70. The molecule has 3 rings (SSSR count). The summed E-state index contributed by atoms with van der Waals surface area (Å²) in [6.07, 6.45) is 3.01. The number of pyridine rings is 1. The first-order chi connectivity index (χ1) is 9.59. The number of aromatic nitrogens is 3. The van der Waals surface area contributed by atoms with Crippen molar-refractivity contribution in [2.45, 2.75) is 6.92 Å². The molecular weight excluding hydrogens is 276 g/mol. The van der Waals surface area contributed by atoms with Crippen LogP contribution in [0.15, 0.2) is 35.5 Å². The van der Waals surface area contributed by atoms with Crippen LogP contribution < -0.4 is 11.3 Å². The summed E-state index contributed by atoms with van der Waals surface area (Å²) in [5.41, 5.74) is 5.62. The predicted octanol–water partition coefficient (Wildman–Crippen LogP) is 1.25. The van der Waals surface area contributed by atoms with E-state index in [1.54, 1.807) is 31.3 Å². The first kappa shape index (κ1) is 12.5. The molecule has 0 radical (unpaired) electrons. The molecular formula is C13H10N4O2S. The minimum absolute atomic E-state index is 0.255. The Labute approximate surface area is 117 Å². The second-order valence-electron chi connectivity index (χ2n) is 4.21. The summed E-state index contributed by atoms with van der Waals surface area (Å²) in [7, 11) is 0. The summed E-state index contributed by atoms with van der Waals surface area (Å²) < 4.78 is 1.35. The SMILES string of the molecule is Cc1c(C(N)=O)sc2ncn(-c3ccccn3)c(=O)c12. The van der Waals surface area contributed by atoms with Crippen LogP contribution in [0.4, 0.5) is 0 Å². The van der Waals surface area contributed by atoms with Crippen molar-refractivity contribution in [3.8, 4) is 5.82 Å². The van der Waals surface area contributed by atoms with Gasteiger partial charge in [-0.15, -0.1) is 11.3 Å². The van der Waals surface area contributed by atoms with Gasteiger partial charge in [0, 0.05) is 6.20 Å². The lowest BCUT2D eigenvalue weighted by atomic mass is 10.2. The third kappa shape index (κ3) is 1.79. The van der Waals surface area contributed by atoms with Crippen LogP contribution in [0.3, 0.4) is 0 Å². The lowest BCUT2D eigenvalue weighted by Gasteiger charge is -2.03. The molecule has 7 heteroatoms. The van der Waals surface area contributed by atoms with E-state index in [1.807, 2.05) is 0 Å². The van der Waals surface area contributed by atoms with Gasteiger partial charge in [-0.05, 0) is 24.6 Å². The van der Waals surface area contributed by atoms with Gasteiger partial charge in [0.2, 0.25) is 0 Å². The van der Waals surface area contributed by atoms with E-state index in [-0.39, 0.29) is 5.56 Å². The second kappa shape index (κ2) is 4.53. The average Bonchev–Trinajstić information content (AvgIpc) is 2.78. The molecule has 0 aromatic carbocycles. The van der Waals surface area contributed by atoms with E-state index in [0.29, 0.717) is 26.5 Å². The molecule has 0 unspecified atom stereocenters. The summed E-state index contributed by atoms with van der Waals surface area (Å²) >= 11 is 1.13. The summed E-state index contributed by atoms with van der Waals surface area (Å²) in [4.78, 5) is 33.1. The zero-order chi connectivity index (χ0) is 14.3. The molecule has 0 atom stereocenters. The van der Waals surface area contributed by atoms with Gasteiger partial charge >= 0.3 is 0 Å². The number of aryl methyl sites for hydroxylation is 1. The van der Waals surface area contributed by atoms with Crippen molar-refractivity contribution < 1.29 is 4.79 Å². The molecule has 0 fully saturated rings. The molecule has 0 saturated carbocycles. The molecule has 3 aromatic rings. The van der Waals surface area contributed by atoms with E-state index in [9.17, 15) is 9.59 Å². The van der Waals surface area contributed by atoms with Gasteiger partial charge < -0.3 is 5.73 Å². The minimum atomic E-state index is -0.547. The largest absolute Gasteiger partial charge is 0.365 e. The van der Waals surface area contributed by atoms with Crippen LogP contribution in [-0.2, 0) is 0 Å². The van der Waals surface area contributed by atoms with Crippen LogP contribution in [-0.4, -0.2) is 20.4 Å². The highest BCUT2D eigenvalue weighted by molar-refractivity contribution is 7.20. The third-order valence-corrected chi connectivity index (χ3v) is 4.19. The molecule has 0 saturated heterocycles. The van der Waals surface area contributed by atoms with Crippen LogP contribution in [0.1, 0.15) is 15.2 Å². The molecule has 1 amide bonds. The Morgan fingerprint density at radius 3 is 2.80 bits per heavy atom. The second-order valence-corrected chi connectivity index (χ2v) is 5.21. The first-order valence-electron chi connectivity index (χ1n) is 5.81. The molecule has 3 aromatic heterocycles. The maximum Gasteiger partial charge on any atom is 0.268 e. The molecule has 0 aliphatic heterocycles. The van der Waals surface area contributed by atoms with Crippen LogP contribution in [0.2, 0.25) is 0 Å². The number of carbonyl (C=O) groups is 1. The quantitative estimate of drug-likeness (QED) is 0.767. The fourth-order valence-corrected chi connectivity index (χ4v) is 3.01. The average molecular weight is 286 g/mol. The predicted molar refractivity (Wildman–Crippen MR) is 76.3 cm³/mol. The van der Waals surface area contributed by atoms with Crippen molar-refractivity contribution in [3.05, 3.63) is 51.5 Å². The smallest absolute Gasteiger partial charge is 0.268 e. The van der Waals surface area contributed by atoms with Gasteiger partial charge in [0.05, 0.1) is 10.3 Å². The Hall–Kier alpha value is -2.54. The molecule has 0 aliphatic rings. The maximum atomic E-state index is 12.5. The van der Waals surface area contributed by atoms with Crippen LogP contribution in [0.5, 0.6) is 0 Å². The number of hydrogen-bond donors (Lipinski definition) is 1. The Kier molecular flexibility index (Phi) is 2.83. The van der Waals surface area contributed by atoms with Gasteiger partial charge in [0.15, 0.2) is 0 Å². The standard InChI is InChI=1S/C13H10N4O2S/c1-7-9-12(20-10(7)11(14)18)16-6-17(13(9)19)8-4-2-3-5-15-8/h2-6H,1H3,(H2,14,18). The van der Waals surface area contributed by atoms with Crippen molar-refractivity contribution in [2.24, 2.45) is 5.73 Å². The van der Waals surface area contributed by atoms with Crippen molar-refractivity contribution in [1.82, 2.24) is 14.5 Å². The maximum absolute atomic E-state index is 12.5. The van der Waals surface area contributed by atoms with Gasteiger partial charge in [-0.2, -0.15) is 0 Å². The normalized spacial score (nSPS) is 10.8. The number of rotatable bonds is 2. The van der Waals surface area contributed by atoms with Gasteiger partial charge in [-0.1, -0.05) is 6.07 Å². The molecule has 6 nitrogen and oxygen atoms in total. The number of nitrogens with zero attached hydrogens (tertiary/aromatic N) is 3. The van der Waals surface area contributed by atoms with E-state index in [2.05, 4.69) is 9.97 Å². The highest BCUT2D eigenvalue weighted by atomic mass is 32.1. The molecule has 100 valence electrons. The van der Waals surface area contributed by atoms with Crippen LogP contribution in [0.25, 0.3) is 16.0 Å². The van der Waals surface area contributed by atoms with E-state index in [4.69, 9.17) is 5.73 Å². The van der Waals surface area contributed by atoms with Crippen molar-refractivity contribution in [1.29, 1.82) is 0 Å². The highest BCUT2D eigenvalue weighted by Gasteiger charge is 2.18. The van der Waals surface area contributed by atoms with Crippen molar-refractivity contribution >= 4 is 27.5 Å². The number of fused-ring (bicyclic) bond motifs is 1. The lowest BCUT2D eigenvalue weighted by molar-refractivity contribution is 0.100. The number of hydrogen-bond acceptors (Lipinski definition) is 5. The van der Waals surface area contributed by atoms with E-state index >= 15 is 0 Å². The van der Waals surface area contributed by atoms with Crippen molar-refractivity contribution in [3.63, 3.8) is 0 Å². The zero-order valence-electron chi connectivity index (χ0n) is 10.5. The van der Waals surface area contributed by atoms with Crippen LogP contribution >= 0.6 is 11.3 Å². The van der Waals surface area contributed by atoms with Gasteiger partial charge in [-0.25, -0.2) is 9.97 Å². The Bertz CT molecular complexity index is 867. The monoisotopic (exact) mass is 286 g/mol. The Morgan fingerprint density at radius 1 is 1.35 bits per heavy atom. The Balaban J connectivity index is 2.34. The summed E-state index contributed by atoms with van der Waals surface area (Å²) in [5.74, 6) is -0.0626. The number of carbonyl (C=O) groups excluding carboxylic acids is 1. The first-order valence-corrected chi connectivity index (χ1v) is 6.63. The molecule has 0 spiro atoms. The molecule has 0 aliphatic carbocycles. The highest BCUT2D eigenvalue weighted by Crippen LogP contribution is 2.26. The molecule has 2 N–H and O–H groups in total. The molecule has 20 heavy (non-hydrogen) atoms. The number of thiophene rings is 1. The topological polar surface area (TPSA) is 90.9 Å². The minimum Gasteiger partial charge on any atom is -0.365 e. The Morgan fingerprint density at radius 2 is 2.15 bits per heavy atom. The zero-order valence-corrected chi connectivity index (χ0v) is 11.3. The number of nitrogens with two attached hydrogens (primary N) is 1. The summed E-state index contributed by atoms with van der Waals surface area (Å²) in [5, 5.41) is 0.414. The van der Waals surface area contributed by atoms with E-state index < -0.39 is 5.91 Å². The fourth-order valence-electron chi connectivity index (χ4n) is 2.02. The van der Waals surface area contributed by atoms with Crippen LogP contribution in [0, 0.1) is 6.92 Å². The molecule has 0 bridgehead atoms. The van der Waals surface area contributed by atoms with Crippen molar-refractivity contribution in [2.75, 3.05) is 0 Å². The van der Waals surface area contributed by atoms with E-state index in [0.717, 1.165) is 11.3 Å². The summed E-state index contributed by atoms with van der Waals surface area (Å²) in [6, 6.07) is 5.27. The fraction of sp³-hybridized carbons (Fsp3) is 0.0769. The third-order valence-electron chi connectivity index (χ3n) is 2.97. The van der Waals surface area contributed by atoms with Gasteiger partial charge in [-0.3, -0.25) is 14.2 Å². The van der Waals surface area contributed by atoms with E-state index in [1.165, 1.54) is 10.9 Å². The van der Waals surface area contributed by atoms with Gasteiger partial charge in [0.25, 0.3) is 11.5 Å². The molecule has 3 heterocycles. The number of amides is 1. The lowest BCUT2D eigenvalue weighted by Crippen LogP contribution is -2.19. The number of primary amides is 1.